The second-order valence-corrected chi connectivity index (χ2v) is 3.33. The Morgan fingerprint density at radius 1 is 1.47 bits per heavy atom. The fraction of sp³-hybridized carbons (Fsp3) is 0. The van der Waals surface area contributed by atoms with Crippen LogP contribution in [0.1, 0.15) is 5.82 Å². The maximum Gasteiger partial charge on any atom is 0.182 e. The zero-order chi connectivity index (χ0) is 12.3. The van der Waals surface area contributed by atoms with Crippen molar-refractivity contribution in [2.24, 2.45) is 5.84 Å². The van der Waals surface area contributed by atoms with Gasteiger partial charge in [-0.1, -0.05) is 31.4 Å². The molecule has 2 heterocycles. The minimum absolute atomic E-state index is 0.538. The Hall–Kier alpha value is -2.40. The van der Waals surface area contributed by atoms with Gasteiger partial charge in [0.1, 0.15) is 5.52 Å². The van der Waals surface area contributed by atoms with Crippen LogP contribution in [0.5, 0.6) is 0 Å². The monoisotopic (exact) mass is 227 g/mol. The van der Waals surface area contributed by atoms with E-state index in [1.54, 1.807) is 22.7 Å². The molecule has 0 amide bonds. The summed E-state index contributed by atoms with van der Waals surface area (Å²) in [6.45, 7) is 7.36. The van der Waals surface area contributed by atoms with Gasteiger partial charge in [-0.2, -0.15) is 0 Å². The van der Waals surface area contributed by atoms with E-state index in [2.05, 4.69) is 28.7 Å². The number of allylic oxidation sites excluding steroid dienone is 4. The van der Waals surface area contributed by atoms with Gasteiger partial charge in [0.05, 0.1) is 0 Å². The highest BCUT2D eigenvalue weighted by molar-refractivity contribution is 5.74. The molecule has 0 spiro atoms. The van der Waals surface area contributed by atoms with Crippen LogP contribution in [0, 0.1) is 0 Å². The van der Waals surface area contributed by atoms with Crippen LogP contribution < -0.4 is 11.3 Å². The van der Waals surface area contributed by atoms with Crippen LogP contribution in [-0.4, -0.2) is 14.6 Å². The lowest BCUT2D eigenvalue weighted by atomic mass is 10.2. The smallest absolute Gasteiger partial charge is 0.182 e. The van der Waals surface area contributed by atoms with Gasteiger partial charge < -0.3 is 5.43 Å². The Labute approximate surface area is 98.9 Å². The average Bonchev–Trinajstić information content (AvgIpc) is 2.82. The number of nitrogens with zero attached hydrogens (tertiary/aromatic N) is 3. The summed E-state index contributed by atoms with van der Waals surface area (Å²) in [4.78, 5) is 4.33. The van der Waals surface area contributed by atoms with E-state index in [0.717, 1.165) is 11.1 Å². The van der Waals surface area contributed by atoms with E-state index in [-0.39, 0.29) is 0 Å². The summed E-state index contributed by atoms with van der Waals surface area (Å²) in [7, 11) is 0. The fourth-order valence-corrected chi connectivity index (χ4v) is 1.52. The minimum Gasteiger partial charge on any atom is -0.307 e. The summed E-state index contributed by atoms with van der Waals surface area (Å²) in [5, 5.41) is 4.36. The number of anilines is 1. The molecule has 2 rings (SSSR count). The first-order valence-electron chi connectivity index (χ1n) is 5.07. The number of nitrogen functional groups attached to an aromatic ring is 1. The van der Waals surface area contributed by atoms with Crippen LogP contribution >= 0.6 is 0 Å². The number of hydrogen-bond acceptors (Lipinski definition) is 4. The summed E-state index contributed by atoms with van der Waals surface area (Å²) < 4.78 is 1.71. The van der Waals surface area contributed by atoms with Gasteiger partial charge in [0.25, 0.3) is 0 Å². The van der Waals surface area contributed by atoms with E-state index in [4.69, 9.17) is 5.84 Å². The predicted molar refractivity (Wildman–Crippen MR) is 69.2 cm³/mol. The van der Waals surface area contributed by atoms with Crippen molar-refractivity contribution in [3.05, 3.63) is 55.5 Å². The van der Waals surface area contributed by atoms with Gasteiger partial charge in [0.2, 0.25) is 0 Å². The zero-order valence-electron chi connectivity index (χ0n) is 9.30. The molecule has 0 radical (unpaired) electrons. The van der Waals surface area contributed by atoms with Crippen molar-refractivity contribution in [3.63, 3.8) is 0 Å². The van der Waals surface area contributed by atoms with E-state index in [1.165, 1.54) is 0 Å². The summed E-state index contributed by atoms with van der Waals surface area (Å²) in [6, 6.07) is 3.75. The molecule has 0 aliphatic carbocycles. The van der Waals surface area contributed by atoms with Crippen molar-refractivity contribution in [1.82, 2.24) is 14.6 Å². The molecule has 0 saturated heterocycles. The van der Waals surface area contributed by atoms with Gasteiger partial charge in [-0.15, -0.1) is 5.10 Å². The van der Waals surface area contributed by atoms with Crippen LogP contribution in [0.3, 0.4) is 0 Å². The second kappa shape index (κ2) is 4.63. The summed E-state index contributed by atoms with van der Waals surface area (Å²) in [6.07, 6.45) is 6.95. The first-order valence-corrected chi connectivity index (χ1v) is 5.07. The third kappa shape index (κ3) is 1.95. The van der Waals surface area contributed by atoms with Gasteiger partial charge in [0, 0.05) is 11.8 Å². The van der Waals surface area contributed by atoms with E-state index in [1.807, 2.05) is 18.3 Å². The van der Waals surface area contributed by atoms with Gasteiger partial charge in [-0.25, -0.2) is 15.3 Å². The number of rotatable bonds is 4. The molecule has 0 aromatic carbocycles. The topological polar surface area (TPSA) is 68.2 Å². The van der Waals surface area contributed by atoms with E-state index < -0.39 is 0 Å². The first-order chi connectivity index (χ1) is 8.30. The minimum atomic E-state index is 0.538. The molecule has 2 aromatic rings. The lowest BCUT2D eigenvalue weighted by molar-refractivity contribution is 0.885. The van der Waals surface area contributed by atoms with Crippen LogP contribution in [0.25, 0.3) is 11.1 Å². The van der Waals surface area contributed by atoms with Crippen LogP contribution in [-0.2, 0) is 0 Å². The number of fused-ring (bicyclic) bond motifs is 1. The number of hydrogen-bond donors (Lipinski definition) is 2. The average molecular weight is 227 g/mol. The Kier molecular flexibility index (Phi) is 3.02. The molecule has 0 bridgehead atoms. The van der Waals surface area contributed by atoms with Crippen molar-refractivity contribution in [1.29, 1.82) is 0 Å². The standard InChI is InChI=1S/C12H13N5/c1-3-6-9(4-2)11-14-12(15-13)10-7-5-8-17(10)16-11/h3-8H,1-2,13H2,(H,14,15,16)/b9-6+. The number of nitrogens with one attached hydrogen (secondary N) is 1. The van der Waals surface area contributed by atoms with Crippen molar-refractivity contribution < 1.29 is 0 Å². The third-order valence-corrected chi connectivity index (χ3v) is 2.30. The molecule has 3 N–H and O–H groups in total. The Morgan fingerprint density at radius 2 is 2.29 bits per heavy atom. The van der Waals surface area contributed by atoms with Gasteiger partial charge in [-0.3, -0.25) is 0 Å². The Morgan fingerprint density at radius 3 is 2.94 bits per heavy atom. The van der Waals surface area contributed by atoms with Crippen molar-refractivity contribution in [3.8, 4) is 0 Å². The van der Waals surface area contributed by atoms with Gasteiger partial charge in [0.15, 0.2) is 11.6 Å². The molecule has 0 saturated carbocycles. The number of nitrogens with two attached hydrogens (primary N) is 1. The van der Waals surface area contributed by atoms with E-state index in [0.29, 0.717) is 11.6 Å². The highest BCUT2D eigenvalue weighted by Crippen LogP contribution is 2.17. The van der Waals surface area contributed by atoms with E-state index >= 15 is 0 Å². The van der Waals surface area contributed by atoms with Crippen LogP contribution in [0.15, 0.2) is 49.7 Å². The van der Waals surface area contributed by atoms with Crippen molar-refractivity contribution in [2.75, 3.05) is 5.43 Å². The molecule has 0 unspecified atom stereocenters. The van der Waals surface area contributed by atoms with Gasteiger partial charge >= 0.3 is 0 Å². The maximum absolute atomic E-state index is 5.44. The van der Waals surface area contributed by atoms with Crippen molar-refractivity contribution in [2.45, 2.75) is 0 Å². The molecule has 0 aliphatic rings. The molecule has 86 valence electrons. The molecule has 5 nitrogen and oxygen atoms in total. The van der Waals surface area contributed by atoms with Crippen LogP contribution in [0.2, 0.25) is 0 Å². The number of aromatic nitrogens is 3. The largest absolute Gasteiger partial charge is 0.307 e. The summed E-state index contributed by atoms with van der Waals surface area (Å²) >= 11 is 0. The lowest BCUT2D eigenvalue weighted by Crippen LogP contribution is -2.12. The zero-order valence-corrected chi connectivity index (χ0v) is 9.30. The molecule has 0 aliphatic heterocycles. The molecular formula is C12H13N5. The molecule has 17 heavy (non-hydrogen) atoms. The fourth-order valence-electron chi connectivity index (χ4n) is 1.52. The summed E-state index contributed by atoms with van der Waals surface area (Å²) in [5.41, 5.74) is 4.16. The third-order valence-electron chi connectivity index (χ3n) is 2.30. The predicted octanol–water partition coefficient (Wildman–Crippen LogP) is 1.77. The normalized spacial score (nSPS) is 11.5. The molecule has 2 aromatic heterocycles. The first kappa shape index (κ1) is 11.1. The lowest BCUT2D eigenvalue weighted by Gasteiger charge is -2.06. The molecule has 5 heteroatoms. The maximum atomic E-state index is 5.44. The molecular weight excluding hydrogens is 214 g/mol. The van der Waals surface area contributed by atoms with E-state index in [9.17, 15) is 0 Å². The van der Waals surface area contributed by atoms with Gasteiger partial charge in [-0.05, 0) is 12.1 Å². The molecule has 0 fully saturated rings. The highest BCUT2D eigenvalue weighted by Gasteiger charge is 2.08. The van der Waals surface area contributed by atoms with Crippen molar-refractivity contribution >= 4 is 16.9 Å². The molecule has 0 atom stereocenters. The quantitative estimate of drug-likeness (QED) is 0.474. The Balaban J connectivity index is 2.66. The number of hydrazine groups is 1. The van der Waals surface area contributed by atoms with Crippen LogP contribution in [0.4, 0.5) is 5.82 Å². The summed E-state index contributed by atoms with van der Waals surface area (Å²) in [5.74, 6) is 6.55. The highest BCUT2D eigenvalue weighted by atomic mass is 15.3. The second-order valence-electron chi connectivity index (χ2n) is 3.33. The Bertz CT molecular complexity index is 594. The SMILES string of the molecule is C=C/C=C(\C=C)c1nc(NN)c2cccn2n1.